The van der Waals surface area contributed by atoms with Crippen LogP contribution in [0.2, 0.25) is 0 Å². The number of carbonyl (C=O) groups excluding carboxylic acids is 2. The number of nitro benzene ring substituents is 1. The predicted octanol–water partition coefficient (Wildman–Crippen LogP) is 6.66. The van der Waals surface area contributed by atoms with E-state index < -0.39 is 22.8 Å². The molecule has 5 rings (SSSR count). The number of carbonyl (C=O) groups is 3. The van der Waals surface area contributed by atoms with E-state index in [0.717, 1.165) is 5.56 Å². The first-order chi connectivity index (χ1) is 19.9. The Bertz CT molecular complexity index is 1600. The molecule has 0 saturated carbocycles. The number of allylic oxidation sites excluding steroid dienone is 1. The fourth-order valence-electron chi connectivity index (χ4n) is 5.81. The van der Waals surface area contributed by atoms with Crippen LogP contribution in [-0.4, -0.2) is 27.7 Å². The first-order valence-corrected chi connectivity index (χ1v) is 13.9. The Kier molecular flexibility index (Phi) is 7.69. The van der Waals surface area contributed by atoms with Gasteiger partial charge in [0.25, 0.3) is 5.69 Å². The number of amides is 1. The van der Waals surface area contributed by atoms with E-state index in [1.54, 1.807) is 24.3 Å². The summed E-state index contributed by atoms with van der Waals surface area (Å²) in [5.74, 6) is -1.89. The van der Waals surface area contributed by atoms with Gasteiger partial charge in [0.15, 0.2) is 5.78 Å². The summed E-state index contributed by atoms with van der Waals surface area (Å²) in [7, 11) is 0. The quantitative estimate of drug-likeness (QED) is 0.252. The number of hydrogen-bond acceptors (Lipinski definition) is 6. The number of hydrogen-bond donors (Lipinski definition) is 2. The molecule has 3 aromatic rings. The highest BCUT2D eigenvalue weighted by Gasteiger charge is 2.42. The molecule has 2 N–H and O–H groups in total. The van der Waals surface area contributed by atoms with Gasteiger partial charge in [-0.15, -0.1) is 0 Å². The molecule has 0 aromatic heterocycles. The van der Waals surface area contributed by atoms with Gasteiger partial charge in [-0.05, 0) is 46.6 Å². The summed E-state index contributed by atoms with van der Waals surface area (Å²) in [5, 5.41) is 24.4. The molecule has 0 saturated heterocycles. The molecule has 216 valence electrons. The van der Waals surface area contributed by atoms with Crippen LogP contribution in [0, 0.1) is 10.1 Å². The van der Waals surface area contributed by atoms with E-state index in [1.807, 2.05) is 6.07 Å². The highest BCUT2D eigenvalue weighted by atomic mass is 16.6. The summed E-state index contributed by atoms with van der Waals surface area (Å²) >= 11 is 0. The minimum atomic E-state index is -1.12. The predicted molar refractivity (Wildman–Crippen MR) is 159 cm³/mol. The normalized spacial score (nSPS) is 18.5. The van der Waals surface area contributed by atoms with Crippen LogP contribution in [0.3, 0.4) is 0 Å². The fraction of sp³-hybridized carbons (Fsp3) is 0.303. The number of aliphatic carboxylic acids is 1. The molecule has 2 unspecified atom stereocenters. The van der Waals surface area contributed by atoms with E-state index in [9.17, 15) is 29.6 Å². The molecule has 1 aliphatic heterocycles. The molecule has 42 heavy (non-hydrogen) atoms. The number of nitrogens with zero attached hydrogens (tertiary/aromatic N) is 2. The van der Waals surface area contributed by atoms with Crippen molar-refractivity contribution in [3.63, 3.8) is 0 Å². The summed E-state index contributed by atoms with van der Waals surface area (Å²) in [6, 6.07) is 20.4. The van der Waals surface area contributed by atoms with Crippen LogP contribution >= 0.6 is 0 Å². The SMILES string of the molecule is CC(C)(C)c1ccc(C2CC(=O)C3=C(C2)Nc2ccccc2N(C(=O)CCC(=O)O)C3c2cccc([N+](=O)[O-])c2)cc1. The van der Waals surface area contributed by atoms with Crippen molar-refractivity contribution in [2.24, 2.45) is 0 Å². The second-order valence-electron chi connectivity index (χ2n) is 11.8. The molecule has 2 aliphatic rings. The van der Waals surface area contributed by atoms with E-state index >= 15 is 0 Å². The highest BCUT2D eigenvalue weighted by Crippen LogP contribution is 2.48. The molecule has 9 heteroatoms. The van der Waals surface area contributed by atoms with Crippen molar-refractivity contribution in [1.82, 2.24) is 0 Å². The maximum absolute atomic E-state index is 14.1. The van der Waals surface area contributed by atoms with Crippen molar-refractivity contribution in [2.45, 2.75) is 63.8 Å². The number of carboxylic acids is 1. The zero-order valence-electron chi connectivity index (χ0n) is 23.8. The third-order valence-corrected chi connectivity index (χ3v) is 7.95. The maximum atomic E-state index is 14.1. The van der Waals surface area contributed by atoms with E-state index in [1.165, 1.54) is 28.7 Å². The van der Waals surface area contributed by atoms with E-state index in [2.05, 4.69) is 50.4 Å². The van der Waals surface area contributed by atoms with Gasteiger partial charge in [-0.1, -0.05) is 69.3 Å². The molecule has 0 fully saturated rings. The Morgan fingerprint density at radius 3 is 2.36 bits per heavy atom. The number of ketones is 1. The van der Waals surface area contributed by atoms with Gasteiger partial charge in [-0.2, -0.15) is 0 Å². The maximum Gasteiger partial charge on any atom is 0.303 e. The molecule has 0 radical (unpaired) electrons. The van der Waals surface area contributed by atoms with Crippen molar-refractivity contribution in [3.05, 3.63) is 111 Å². The Hall–Kier alpha value is -4.79. The van der Waals surface area contributed by atoms with Crippen LogP contribution in [0.1, 0.15) is 75.1 Å². The van der Waals surface area contributed by atoms with Crippen LogP contribution in [-0.2, 0) is 19.8 Å². The zero-order valence-corrected chi connectivity index (χ0v) is 23.8. The average molecular weight is 568 g/mol. The number of Topliss-reactive ketones (excluding diaryl/α,β-unsaturated/α-hetero) is 1. The number of nitrogens with one attached hydrogen (secondary N) is 1. The van der Waals surface area contributed by atoms with E-state index in [-0.39, 0.29) is 42.1 Å². The van der Waals surface area contributed by atoms with Crippen LogP contribution in [0.5, 0.6) is 0 Å². The van der Waals surface area contributed by atoms with Crippen LogP contribution in [0.4, 0.5) is 17.1 Å². The lowest BCUT2D eigenvalue weighted by Gasteiger charge is -2.35. The Labute approximate surface area is 244 Å². The van der Waals surface area contributed by atoms with Crippen LogP contribution < -0.4 is 10.2 Å². The van der Waals surface area contributed by atoms with Gasteiger partial charge in [0.1, 0.15) is 0 Å². The molecule has 3 aromatic carbocycles. The number of carboxylic acid groups (broad SMARTS) is 1. The third-order valence-electron chi connectivity index (χ3n) is 7.95. The molecular weight excluding hydrogens is 534 g/mol. The van der Waals surface area contributed by atoms with Gasteiger partial charge in [0.05, 0.1) is 28.8 Å². The average Bonchev–Trinajstić information content (AvgIpc) is 3.10. The lowest BCUT2D eigenvalue weighted by Crippen LogP contribution is -2.38. The number of non-ortho nitro benzene ring substituents is 1. The van der Waals surface area contributed by atoms with Crippen molar-refractivity contribution in [1.29, 1.82) is 0 Å². The van der Waals surface area contributed by atoms with Gasteiger partial charge < -0.3 is 10.4 Å². The number of nitro groups is 1. The largest absolute Gasteiger partial charge is 0.481 e. The Morgan fingerprint density at radius 2 is 1.69 bits per heavy atom. The molecule has 0 bridgehead atoms. The van der Waals surface area contributed by atoms with E-state index in [4.69, 9.17) is 0 Å². The number of para-hydroxylation sites is 2. The molecule has 1 amide bonds. The molecule has 2 atom stereocenters. The lowest BCUT2D eigenvalue weighted by atomic mass is 9.77. The second-order valence-corrected chi connectivity index (χ2v) is 11.8. The number of benzene rings is 3. The highest BCUT2D eigenvalue weighted by molar-refractivity contribution is 6.06. The summed E-state index contributed by atoms with van der Waals surface area (Å²) in [6.07, 6.45) is 0.00881. The smallest absolute Gasteiger partial charge is 0.303 e. The van der Waals surface area contributed by atoms with Gasteiger partial charge in [0.2, 0.25) is 5.91 Å². The third kappa shape index (κ3) is 5.68. The molecule has 1 heterocycles. The van der Waals surface area contributed by atoms with Crippen molar-refractivity contribution in [3.8, 4) is 0 Å². The molecule has 0 spiro atoms. The van der Waals surface area contributed by atoms with Gasteiger partial charge in [-0.25, -0.2) is 0 Å². The number of anilines is 2. The Balaban J connectivity index is 1.66. The van der Waals surface area contributed by atoms with Gasteiger partial charge in [-0.3, -0.25) is 29.4 Å². The molecule has 1 aliphatic carbocycles. The van der Waals surface area contributed by atoms with Crippen LogP contribution in [0.25, 0.3) is 0 Å². The number of fused-ring (bicyclic) bond motifs is 1. The minimum Gasteiger partial charge on any atom is -0.481 e. The zero-order chi connectivity index (χ0) is 30.2. The minimum absolute atomic E-state index is 0.00862. The lowest BCUT2D eigenvalue weighted by molar-refractivity contribution is -0.384. The summed E-state index contributed by atoms with van der Waals surface area (Å²) in [5.41, 5.74) is 4.52. The summed E-state index contributed by atoms with van der Waals surface area (Å²) in [6.45, 7) is 6.44. The van der Waals surface area contributed by atoms with Crippen molar-refractivity contribution >= 4 is 34.7 Å². The summed E-state index contributed by atoms with van der Waals surface area (Å²) < 4.78 is 0. The van der Waals surface area contributed by atoms with Gasteiger partial charge in [0, 0.05) is 36.2 Å². The van der Waals surface area contributed by atoms with Crippen LogP contribution in [0.15, 0.2) is 84.1 Å². The molecular formula is C33H33N3O6. The molecule has 9 nitrogen and oxygen atoms in total. The standard InChI is InChI=1S/C33H33N3O6/c1-33(2,3)23-13-11-20(12-14-23)22-18-26-31(28(37)19-22)32(21-7-6-8-24(17-21)36(41)42)35(29(38)15-16-30(39)40)27-10-5-4-9-25(27)34-26/h4-14,17,22,32,34H,15-16,18-19H2,1-3H3,(H,39,40). The number of rotatable bonds is 6. The van der Waals surface area contributed by atoms with Crippen molar-refractivity contribution < 1.29 is 24.4 Å². The fourth-order valence-corrected chi connectivity index (χ4v) is 5.81. The first kappa shape index (κ1) is 28.7. The summed E-state index contributed by atoms with van der Waals surface area (Å²) in [4.78, 5) is 51.9. The first-order valence-electron chi connectivity index (χ1n) is 13.9. The van der Waals surface area contributed by atoms with Gasteiger partial charge >= 0.3 is 5.97 Å². The van der Waals surface area contributed by atoms with Crippen molar-refractivity contribution in [2.75, 3.05) is 10.2 Å². The topological polar surface area (TPSA) is 130 Å². The van der Waals surface area contributed by atoms with E-state index in [0.29, 0.717) is 34.6 Å². The Morgan fingerprint density at radius 1 is 0.976 bits per heavy atom. The monoisotopic (exact) mass is 567 g/mol. The second kappa shape index (κ2) is 11.2.